The second kappa shape index (κ2) is 5.37. The second-order valence-corrected chi connectivity index (χ2v) is 9.76. The first-order valence-corrected chi connectivity index (χ1v) is 9.96. The van der Waals surface area contributed by atoms with Gasteiger partial charge in [-0.05, 0) is 67.3 Å². The van der Waals surface area contributed by atoms with Crippen molar-refractivity contribution in [2.24, 2.45) is 40.4 Å². The van der Waals surface area contributed by atoms with E-state index in [1.165, 1.54) is 5.57 Å². The summed E-state index contributed by atoms with van der Waals surface area (Å²) < 4.78 is 0. The molecule has 3 saturated carbocycles. The minimum Gasteiger partial charge on any atom is -0.300 e. The number of Topliss-reactive ketones (excluding diaryl/α,β-unsaturated/α-hetero) is 2. The molecule has 4 aliphatic carbocycles. The zero-order valence-electron chi connectivity index (χ0n) is 15.9. The van der Waals surface area contributed by atoms with Gasteiger partial charge in [-0.3, -0.25) is 14.4 Å². The molecule has 0 N–H and O–H groups in total. The average molecular weight is 342 g/mol. The van der Waals surface area contributed by atoms with E-state index in [4.69, 9.17) is 0 Å². The molecule has 0 spiro atoms. The van der Waals surface area contributed by atoms with Crippen LogP contribution in [0.25, 0.3) is 0 Å². The van der Waals surface area contributed by atoms with Gasteiger partial charge in [0.25, 0.3) is 0 Å². The maximum absolute atomic E-state index is 13.4. The van der Waals surface area contributed by atoms with Crippen LogP contribution in [0.15, 0.2) is 11.6 Å². The molecular weight excluding hydrogens is 312 g/mol. The van der Waals surface area contributed by atoms with E-state index in [1.807, 2.05) is 6.08 Å². The smallest absolute Gasteiger partial charge is 0.155 e. The topological polar surface area (TPSA) is 51.2 Å². The van der Waals surface area contributed by atoms with Crippen molar-refractivity contribution in [2.45, 2.75) is 66.2 Å². The van der Waals surface area contributed by atoms with E-state index < -0.39 is 0 Å². The zero-order chi connectivity index (χ0) is 18.1. The Hall–Kier alpha value is -1.25. The Balaban J connectivity index is 1.77. The standard InChI is InChI=1S/C22H30O3/c1-12-9-15-17-6-5-16(13(2)23)22(17,4)11-19(25)20(15)21(3)8-7-14(24)10-18(12)21/h10,12,15-17,20H,5-9,11H2,1-4H3/t12-,15-,16-,17+,20-,21-,22-/m0/s1. The van der Waals surface area contributed by atoms with Gasteiger partial charge in [0.05, 0.1) is 0 Å². The molecule has 25 heavy (non-hydrogen) atoms. The lowest BCUT2D eigenvalue weighted by molar-refractivity contribution is -0.149. The van der Waals surface area contributed by atoms with Crippen LogP contribution in [-0.4, -0.2) is 17.3 Å². The normalized spacial score (nSPS) is 49.1. The molecule has 4 aliphatic rings. The summed E-state index contributed by atoms with van der Waals surface area (Å²) in [6, 6.07) is 0. The third-order valence-electron chi connectivity index (χ3n) is 8.46. The minimum atomic E-state index is -0.150. The van der Waals surface area contributed by atoms with Crippen molar-refractivity contribution in [3.8, 4) is 0 Å². The Bertz CT molecular complexity index is 689. The Labute approximate surface area is 150 Å². The van der Waals surface area contributed by atoms with Gasteiger partial charge in [0.15, 0.2) is 5.78 Å². The van der Waals surface area contributed by atoms with Crippen LogP contribution in [0.4, 0.5) is 0 Å². The third kappa shape index (κ3) is 2.20. The van der Waals surface area contributed by atoms with Gasteiger partial charge in [0, 0.05) is 24.7 Å². The first-order valence-electron chi connectivity index (χ1n) is 9.96. The van der Waals surface area contributed by atoms with Crippen LogP contribution in [0.2, 0.25) is 0 Å². The molecule has 3 fully saturated rings. The van der Waals surface area contributed by atoms with E-state index in [1.54, 1.807) is 6.92 Å². The van der Waals surface area contributed by atoms with Crippen molar-refractivity contribution < 1.29 is 14.4 Å². The van der Waals surface area contributed by atoms with Gasteiger partial charge in [-0.2, -0.15) is 0 Å². The van der Waals surface area contributed by atoms with Crippen LogP contribution in [0.3, 0.4) is 0 Å². The van der Waals surface area contributed by atoms with E-state index in [9.17, 15) is 14.4 Å². The first kappa shape index (κ1) is 17.2. The van der Waals surface area contributed by atoms with Gasteiger partial charge < -0.3 is 0 Å². The predicted octanol–water partition coefficient (Wildman–Crippen LogP) is 4.15. The predicted molar refractivity (Wildman–Crippen MR) is 95.8 cm³/mol. The molecule has 0 aliphatic heterocycles. The van der Waals surface area contributed by atoms with E-state index in [0.717, 1.165) is 25.7 Å². The highest BCUT2D eigenvalue weighted by atomic mass is 16.1. The Morgan fingerprint density at radius 1 is 1.20 bits per heavy atom. The Morgan fingerprint density at radius 2 is 1.92 bits per heavy atom. The molecule has 0 aromatic heterocycles. The van der Waals surface area contributed by atoms with Crippen molar-refractivity contribution in [2.75, 3.05) is 0 Å². The first-order chi connectivity index (χ1) is 11.7. The monoisotopic (exact) mass is 342 g/mol. The molecule has 0 saturated heterocycles. The van der Waals surface area contributed by atoms with Crippen molar-refractivity contribution >= 4 is 17.3 Å². The summed E-state index contributed by atoms with van der Waals surface area (Å²) in [4.78, 5) is 37.6. The van der Waals surface area contributed by atoms with Crippen molar-refractivity contribution in [1.29, 1.82) is 0 Å². The highest BCUT2D eigenvalue weighted by molar-refractivity contribution is 5.93. The maximum atomic E-state index is 13.4. The van der Waals surface area contributed by atoms with Gasteiger partial charge in [0.1, 0.15) is 11.6 Å². The molecule has 3 heteroatoms. The molecule has 136 valence electrons. The van der Waals surface area contributed by atoms with E-state index >= 15 is 0 Å². The highest BCUT2D eigenvalue weighted by Crippen LogP contribution is 2.66. The van der Waals surface area contributed by atoms with Crippen LogP contribution in [0, 0.1) is 40.4 Å². The second-order valence-electron chi connectivity index (χ2n) is 9.76. The van der Waals surface area contributed by atoms with Gasteiger partial charge >= 0.3 is 0 Å². The molecule has 0 amide bonds. The summed E-state index contributed by atoms with van der Waals surface area (Å²) in [5.41, 5.74) is 0.928. The zero-order valence-corrected chi connectivity index (χ0v) is 15.9. The third-order valence-corrected chi connectivity index (χ3v) is 8.46. The number of rotatable bonds is 1. The summed E-state index contributed by atoms with van der Waals surface area (Å²) in [5, 5.41) is 0. The molecule has 0 unspecified atom stereocenters. The maximum Gasteiger partial charge on any atom is 0.155 e. The summed E-state index contributed by atoms with van der Waals surface area (Å²) in [7, 11) is 0. The number of allylic oxidation sites excluding steroid dienone is 1. The quantitative estimate of drug-likeness (QED) is 0.719. The minimum absolute atomic E-state index is 0.0480. The largest absolute Gasteiger partial charge is 0.300 e. The Morgan fingerprint density at radius 3 is 2.60 bits per heavy atom. The lowest BCUT2D eigenvalue weighted by atomic mass is 9.45. The fraction of sp³-hybridized carbons (Fsp3) is 0.773. The van der Waals surface area contributed by atoms with Crippen molar-refractivity contribution in [1.82, 2.24) is 0 Å². The SMILES string of the molecule is CC(=O)[C@@H]1CC[C@@H]2[C@@H]3C[C@H](C)C4=CC(=O)CC[C@]4(C)[C@@H]3C(=O)C[C@]21C. The fourth-order valence-corrected chi connectivity index (χ4v) is 7.49. The van der Waals surface area contributed by atoms with Gasteiger partial charge in [-0.25, -0.2) is 0 Å². The van der Waals surface area contributed by atoms with Crippen LogP contribution in [0.5, 0.6) is 0 Å². The van der Waals surface area contributed by atoms with Crippen LogP contribution in [0.1, 0.15) is 66.2 Å². The number of carbonyl (C=O) groups excluding carboxylic acids is 3. The summed E-state index contributed by atoms with van der Waals surface area (Å²) in [5.74, 6) is 2.15. The Kier molecular flexibility index (Phi) is 3.69. The lowest BCUT2D eigenvalue weighted by Gasteiger charge is -2.58. The molecule has 4 rings (SSSR count). The molecular formula is C22H30O3. The molecule has 0 heterocycles. The lowest BCUT2D eigenvalue weighted by Crippen LogP contribution is -2.56. The highest BCUT2D eigenvalue weighted by Gasteiger charge is 2.63. The number of ketones is 3. The van der Waals surface area contributed by atoms with Gasteiger partial charge in [-0.1, -0.05) is 26.3 Å². The average Bonchev–Trinajstić information content (AvgIpc) is 2.85. The summed E-state index contributed by atoms with van der Waals surface area (Å²) in [6.45, 7) is 8.37. The van der Waals surface area contributed by atoms with E-state index in [0.29, 0.717) is 36.4 Å². The number of carbonyl (C=O) groups is 3. The molecule has 3 nitrogen and oxygen atoms in total. The van der Waals surface area contributed by atoms with Gasteiger partial charge in [0.2, 0.25) is 0 Å². The van der Waals surface area contributed by atoms with Crippen molar-refractivity contribution in [3.05, 3.63) is 11.6 Å². The molecule has 0 aromatic carbocycles. The summed E-state index contributed by atoms with van der Waals surface area (Å²) in [6.07, 6.45) is 6.81. The van der Waals surface area contributed by atoms with Crippen LogP contribution in [-0.2, 0) is 14.4 Å². The molecule has 0 radical (unpaired) electrons. The van der Waals surface area contributed by atoms with Crippen molar-refractivity contribution in [3.63, 3.8) is 0 Å². The van der Waals surface area contributed by atoms with Crippen LogP contribution >= 0.6 is 0 Å². The number of fused-ring (bicyclic) bond motifs is 5. The molecule has 0 bridgehead atoms. The number of hydrogen-bond donors (Lipinski definition) is 0. The van der Waals surface area contributed by atoms with E-state index in [-0.39, 0.29) is 34.2 Å². The van der Waals surface area contributed by atoms with Crippen LogP contribution < -0.4 is 0 Å². The van der Waals surface area contributed by atoms with Gasteiger partial charge in [-0.15, -0.1) is 0 Å². The van der Waals surface area contributed by atoms with E-state index in [2.05, 4.69) is 20.8 Å². The number of hydrogen-bond acceptors (Lipinski definition) is 3. The summed E-state index contributed by atoms with van der Waals surface area (Å²) >= 11 is 0. The fourth-order valence-electron chi connectivity index (χ4n) is 7.49. The molecule has 7 atom stereocenters. The molecule has 0 aromatic rings.